The Hall–Kier alpha value is -4.08. The van der Waals surface area contributed by atoms with Gasteiger partial charge in [-0.25, -0.2) is 0 Å². The van der Waals surface area contributed by atoms with E-state index in [1.54, 1.807) is 28.4 Å². The summed E-state index contributed by atoms with van der Waals surface area (Å²) in [6, 6.07) is 16.6. The normalized spacial score (nSPS) is 16.8. The van der Waals surface area contributed by atoms with E-state index >= 15 is 0 Å². The maximum Gasteiger partial charge on any atom is 0.164 e. The molecular formula is C59H86O8. The van der Waals surface area contributed by atoms with Gasteiger partial charge in [0.2, 0.25) is 0 Å². The van der Waals surface area contributed by atoms with Crippen molar-refractivity contribution in [2.75, 3.05) is 28.4 Å². The molecule has 1 saturated heterocycles. The summed E-state index contributed by atoms with van der Waals surface area (Å²) in [6.07, 6.45) is -2.40. The van der Waals surface area contributed by atoms with E-state index in [-0.39, 0.29) is 47.3 Å². The smallest absolute Gasteiger partial charge is 0.164 e. The largest absolute Gasteiger partial charge is 0.496 e. The minimum atomic E-state index is -1.94. The van der Waals surface area contributed by atoms with Crippen molar-refractivity contribution < 1.29 is 38.6 Å². The Morgan fingerprint density at radius 1 is 0.358 bits per heavy atom. The summed E-state index contributed by atoms with van der Waals surface area (Å²) >= 11 is 0. The molecule has 1 fully saturated rings. The lowest BCUT2D eigenvalue weighted by molar-refractivity contribution is -0.172. The van der Waals surface area contributed by atoms with Crippen molar-refractivity contribution in [3.8, 4) is 23.0 Å². The Bertz CT molecular complexity index is 1940. The molecule has 1 aliphatic rings. The van der Waals surface area contributed by atoms with Crippen LogP contribution in [0.25, 0.3) is 0 Å². The second-order valence-electron chi connectivity index (χ2n) is 22.0. The van der Waals surface area contributed by atoms with Crippen LogP contribution in [-0.4, -0.2) is 56.6 Å². The summed E-state index contributed by atoms with van der Waals surface area (Å²) < 4.78 is 39.4. The first kappa shape index (κ1) is 53.9. The molecule has 370 valence electrons. The van der Waals surface area contributed by atoms with E-state index in [9.17, 15) is 10.2 Å². The second kappa shape index (κ2) is 20.5. The standard InChI is InChI=1S/C59H86O8/c1-31(2)43-23-39(24-44(32(3)4)51(43)62-19)58(60,40-25-45(33(5)6)52(63-20)46(26-40)34(7)8)55-56(67-57(17,18)66-55)59(61,41-27-47(35(9)10)53(64-21)48(28-41)36(11)12)42-29-49(37(13)14)54(65-22)50(30-42)38(15)16/h23-38,55-56,60-61H,1-22H3/t55-,56-/m1/s1. The molecule has 8 nitrogen and oxygen atoms in total. The number of methoxy groups -OCH3 is 4. The van der Waals surface area contributed by atoms with Crippen LogP contribution in [0.15, 0.2) is 48.5 Å². The molecule has 4 aromatic carbocycles. The molecule has 0 aliphatic carbocycles. The maximum atomic E-state index is 14.8. The van der Waals surface area contributed by atoms with Crippen LogP contribution < -0.4 is 18.9 Å². The Morgan fingerprint density at radius 3 is 0.627 bits per heavy atom. The fourth-order valence-electron chi connectivity index (χ4n) is 10.3. The molecule has 1 heterocycles. The van der Waals surface area contributed by atoms with Crippen LogP contribution in [0.3, 0.4) is 0 Å². The third-order valence-electron chi connectivity index (χ3n) is 14.1. The third-order valence-corrected chi connectivity index (χ3v) is 14.1. The zero-order valence-corrected chi connectivity index (χ0v) is 45.2. The minimum absolute atomic E-state index is 0.0429. The van der Waals surface area contributed by atoms with Gasteiger partial charge < -0.3 is 38.6 Å². The molecule has 0 unspecified atom stereocenters. The first-order valence-electron chi connectivity index (χ1n) is 24.9. The van der Waals surface area contributed by atoms with Crippen LogP contribution in [0.1, 0.15) is 239 Å². The van der Waals surface area contributed by atoms with Crippen LogP contribution in [0.4, 0.5) is 0 Å². The van der Waals surface area contributed by atoms with Gasteiger partial charge in [-0.2, -0.15) is 0 Å². The summed E-state index contributed by atoms with van der Waals surface area (Å²) in [4.78, 5) is 0. The van der Waals surface area contributed by atoms with E-state index in [0.717, 1.165) is 67.5 Å². The van der Waals surface area contributed by atoms with Crippen LogP contribution >= 0.6 is 0 Å². The predicted octanol–water partition coefficient (Wildman–Crippen LogP) is 14.4. The number of benzene rings is 4. The summed E-state index contributed by atoms with van der Waals surface area (Å²) in [6.45, 7) is 38.1. The highest BCUT2D eigenvalue weighted by atomic mass is 16.8. The van der Waals surface area contributed by atoms with E-state index in [4.69, 9.17) is 28.4 Å². The molecule has 0 aromatic heterocycles. The van der Waals surface area contributed by atoms with Crippen molar-refractivity contribution in [1.29, 1.82) is 0 Å². The number of ether oxygens (including phenoxy) is 6. The van der Waals surface area contributed by atoms with Crippen LogP contribution in [0.5, 0.6) is 23.0 Å². The average Bonchev–Trinajstić information content (AvgIpc) is 3.61. The second-order valence-corrected chi connectivity index (χ2v) is 22.0. The lowest BCUT2D eigenvalue weighted by Crippen LogP contribution is -2.55. The van der Waals surface area contributed by atoms with Gasteiger partial charge in [-0.3, -0.25) is 0 Å². The Labute approximate surface area is 405 Å². The Morgan fingerprint density at radius 2 is 0.507 bits per heavy atom. The molecule has 0 bridgehead atoms. The van der Waals surface area contributed by atoms with Gasteiger partial charge in [0.25, 0.3) is 0 Å². The topological polar surface area (TPSA) is 95.8 Å². The van der Waals surface area contributed by atoms with Gasteiger partial charge in [-0.05, 0) is 176 Å². The van der Waals surface area contributed by atoms with Gasteiger partial charge in [-0.1, -0.05) is 111 Å². The molecule has 5 rings (SSSR count). The Balaban J connectivity index is 2.11. The summed E-state index contributed by atoms with van der Waals surface area (Å²) in [7, 11) is 6.87. The molecule has 1 aliphatic heterocycles. The highest BCUT2D eigenvalue weighted by molar-refractivity contribution is 5.59. The van der Waals surface area contributed by atoms with Gasteiger partial charge in [0, 0.05) is 0 Å². The van der Waals surface area contributed by atoms with Gasteiger partial charge >= 0.3 is 0 Å². The predicted molar refractivity (Wildman–Crippen MR) is 275 cm³/mol. The van der Waals surface area contributed by atoms with Gasteiger partial charge in [-0.15, -0.1) is 0 Å². The highest BCUT2D eigenvalue weighted by Crippen LogP contribution is 2.55. The Kier molecular flexibility index (Phi) is 16.5. The van der Waals surface area contributed by atoms with E-state index in [2.05, 4.69) is 159 Å². The maximum absolute atomic E-state index is 14.8. The van der Waals surface area contributed by atoms with Crippen molar-refractivity contribution in [2.24, 2.45) is 0 Å². The van der Waals surface area contributed by atoms with E-state index in [1.165, 1.54) is 0 Å². The summed E-state index contributed by atoms with van der Waals surface area (Å²) in [5, 5.41) is 29.5. The molecule has 67 heavy (non-hydrogen) atoms. The number of hydrogen-bond donors (Lipinski definition) is 2. The fourth-order valence-corrected chi connectivity index (χ4v) is 10.3. The lowest BCUT2D eigenvalue weighted by Gasteiger charge is -2.44. The first-order chi connectivity index (χ1) is 31.2. The van der Waals surface area contributed by atoms with Crippen molar-refractivity contribution in [3.63, 3.8) is 0 Å². The van der Waals surface area contributed by atoms with Crippen LogP contribution in [0, 0.1) is 0 Å². The monoisotopic (exact) mass is 923 g/mol. The molecule has 0 radical (unpaired) electrons. The zero-order valence-electron chi connectivity index (χ0n) is 45.2. The number of hydrogen-bond acceptors (Lipinski definition) is 8. The van der Waals surface area contributed by atoms with Crippen LogP contribution in [0.2, 0.25) is 0 Å². The quantitative estimate of drug-likeness (QED) is 0.102. The first-order valence-corrected chi connectivity index (χ1v) is 24.9. The molecule has 2 atom stereocenters. The van der Waals surface area contributed by atoms with E-state index in [1.807, 2.05) is 13.8 Å². The number of rotatable bonds is 18. The third kappa shape index (κ3) is 9.89. The average molecular weight is 923 g/mol. The molecule has 0 amide bonds. The molecule has 8 heteroatoms. The van der Waals surface area contributed by atoms with Crippen molar-refractivity contribution in [1.82, 2.24) is 0 Å². The van der Waals surface area contributed by atoms with Crippen molar-refractivity contribution in [2.45, 2.75) is 201 Å². The van der Waals surface area contributed by atoms with E-state index in [0.29, 0.717) is 22.3 Å². The molecular weight excluding hydrogens is 837 g/mol. The molecule has 2 N–H and O–H groups in total. The summed E-state index contributed by atoms with van der Waals surface area (Å²) in [5.41, 5.74) is 6.31. The molecule has 0 spiro atoms. The zero-order chi connectivity index (χ0) is 50.4. The van der Waals surface area contributed by atoms with Crippen molar-refractivity contribution >= 4 is 0 Å². The number of aliphatic hydroxyl groups is 2. The van der Waals surface area contributed by atoms with Crippen LogP contribution in [-0.2, 0) is 20.7 Å². The SMILES string of the molecule is COc1c(C(C)C)cc(C(O)(c2cc(C(C)C)c(OC)c(C(C)C)c2)[C@@H]2OC(C)(C)O[C@H]2C(O)(c2cc(C(C)C)c(OC)c(C(C)C)c2)c2cc(C(C)C)c(OC)c(C(C)C)c2)cc1C(C)C. The van der Waals surface area contributed by atoms with E-state index < -0.39 is 29.2 Å². The van der Waals surface area contributed by atoms with Gasteiger partial charge in [0.05, 0.1) is 28.4 Å². The summed E-state index contributed by atoms with van der Waals surface area (Å²) in [5.74, 6) is 2.27. The molecule has 0 saturated carbocycles. The minimum Gasteiger partial charge on any atom is -0.496 e. The molecule has 4 aromatic rings. The van der Waals surface area contributed by atoms with Gasteiger partial charge in [0.1, 0.15) is 46.4 Å². The highest BCUT2D eigenvalue weighted by Gasteiger charge is 2.62. The van der Waals surface area contributed by atoms with Gasteiger partial charge in [0.15, 0.2) is 5.79 Å². The lowest BCUT2D eigenvalue weighted by atomic mass is 9.69. The van der Waals surface area contributed by atoms with Crippen molar-refractivity contribution in [3.05, 3.63) is 115 Å². The fraction of sp³-hybridized carbons (Fsp3) is 0.593.